The van der Waals surface area contributed by atoms with E-state index in [0.29, 0.717) is 41.2 Å². The minimum atomic E-state index is -1.15. The molecule has 0 aliphatic heterocycles. The molecular formula is C63H62N4O6. The number of nitrogens with zero attached hydrogens (tertiary/aromatic N) is 3. The molecule has 0 saturated heterocycles. The Kier molecular flexibility index (Phi) is 16.5. The van der Waals surface area contributed by atoms with Crippen molar-refractivity contribution in [3.63, 3.8) is 0 Å². The van der Waals surface area contributed by atoms with Crippen LogP contribution in [0.3, 0.4) is 0 Å². The Morgan fingerprint density at radius 2 is 1.01 bits per heavy atom. The third-order valence-corrected chi connectivity index (χ3v) is 12.6. The van der Waals surface area contributed by atoms with Gasteiger partial charge in [0.05, 0.1) is 29.4 Å². The number of para-hydroxylation sites is 2. The average molecular weight is 971 g/mol. The Labute approximate surface area is 428 Å². The monoisotopic (exact) mass is 970 g/mol. The zero-order valence-electron chi connectivity index (χ0n) is 42.6. The molecule has 0 unspecified atom stereocenters. The van der Waals surface area contributed by atoms with Crippen molar-refractivity contribution in [3.05, 3.63) is 202 Å². The van der Waals surface area contributed by atoms with Crippen molar-refractivity contribution in [2.24, 2.45) is 0 Å². The zero-order valence-corrected chi connectivity index (χ0v) is 42.6. The van der Waals surface area contributed by atoms with Crippen molar-refractivity contribution in [3.8, 4) is 35.2 Å². The largest absolute Gasteiger partial charge is 0.490 e. The molecule has 2 heterocycles. The molecule has 0 fully saturated rings. The number of amides is 2. The molecule has 0 bridgehead atoms. The number of aromatic nitrogens is 2. The summed E-state index contributed by atoms with van der Waals surface area (Å²) in [4.78, 5) is 46.4. The average Bonchev–Trinajstić information content (AvgIpc) is 3.95. The molecule has 0 aliphatic rings. The van der Waals surface area contributed by atoms with E-state index < -0.39 is 24.0 Å². The van der Waals surface area contributed by atoms with E-state index in [1.54, 1.807) is 36.2 Å². The number of hydrogen-bond acceptors (Lipinski definition) is 6. The van der Waals surface area contributed by atoms with E-state index in [9.17, 15) is 9.59 Å². The highest BCUT2D eigenvalue weighted by atomic mass is 16.5. The van der Waals surface area contributed by atoms with Crippen LogP contribution >= 0.6 is 0 Å². The van der Waals surface area contributed by atoms with Crippen LogP contribution < -0.4 is 14.8 Å². The normalized spacial score (nSPS) is 11.8. The minimum Gasteiger partial charge on any atom is -0.490 e. The van der Waals surface area contributed by atoms with Crippen LogP contribution in [0.4, 0.5) is 0 Å². The fourth-order valence-corrected chi connectivity index (χ4v) is 8.94. The van der Waals surface area contributed by atoms with Gasteiger partial charge in [-0.1, -0.05) is 96.5 Å². The lowest BCUT2D eigenvalue weighted by Crippen LogP contribution is -2.46. The quantitative estimate of drug-likeness (QED) is 0.0720. The second-order valence-corrected chi connectivity index (χ2v) is 18.5. The first kappa shape index (κ1) is 50.9. The predicted octanol–water partition coefficient (Wildman–Crippen LogP) is 11.3. The Morgan fingerprint density at radius 3 is 1.52 bits per heavy atom. The lowest BCUT2D eigenvalue weighted by molar-refractivity contribution is -0.147. The predicted molar refractivity (Wildman–Crippen MR) is 290 cm³/mol. The van der Waals surface area contributed by atoms with Crippen molar-refractivity contribution in [1.82, 2.24) is 19.4 Å². The van der Waals surface area contributed by atoms with Gasteiger partial charge in [-0.25, -0.2) is 4.79 Å². The lowest BCUT2D eigenvalue weighted by atomic mass is 10.0. The Bertz CT molecular complexity index is 3370. The third kappa shape index (κ3) is 12.5. The van der Waals surface area contributed by atoms with Gasteiger partial charge in [0, 0.05) is 83.0 Å². The number of esters is 1. The molecule has 0 aliphatic carbocycles. The first-order valence-corrected chi connectivity index (χ1v) is 25.0. The van der Waals surface area contributed by atoms with Gasteiger partial charge in [-0.05, 0) is 132 Å². The van der Waals surface area contributed by atoms with Crippen LogP contribution in [0.1, 0.15) is 95.6 Å². The first-order valence-electron chi connectivity index (χ1n) is 25.0. The topological polar surface area (TPSA) is 104 Å². The van der Waals surface area contributed by atoms with Crippen molar-refractivity contribution in [2.75, 3.05) is 13.7 Å². The maximum absolute atomic E-state index is 15.0. The van der Waals surface area contributed by atoms with Crippen molar-refractivity contribution in [1.29, 1.82) is 0 Å². The summed E-state index contributed by atoms with van der Waals surface area (Å²) in [6.45, 7) is 13.0. The standard InChI is InChI=1S/C63H62N4O6/c1-8-66-40-49(52-24-16-18-26-57(52)66)38-51(65(7)62(69)55-37-48(33-35-60(55)73-44(5)6)31-29-46-22-14-11-15-23-46)42-71-63(70)56(39-50-41-67(9-2)58-27-19-17-25-53(50)58)64-61(68)54-36-47(32-34-59(54)72-43(3)4)30-28-45-20-12-10-13-21-45/h10-27,32-37,40-41,43-44,51,56H,8-9,38-39,42H2,1-7H3,(H,64,68)/t51-,56-/m1/s1. The van der Waals surface area contributed by atoms with Crippen LogP contribution in [0.15, 0.2) is 158 Å². The molecule has 73 heavy (non-hydrogen) atoms. The SMILES string of the molecule is CCn1cc(C[C@H](COC(=O)[C@@H](Cc2cn(CC)c3ccccc23)NC(=O)c2cc(C#Cc3ccccc3)ccc2OC(C)C)N(C)C(=O)c2cc(C#Cc3ccccc3)ccc2OC(C)C)c2ccccc21. The molecule has 1 N–H and O–H groups in total. The number of rotatable bonds is 17. The van der Waals surface area contributed by atoms with Crippen molar-refractivity contribution < 1.29 is 28.6 Å². The molecule has 10 heteroatoms. The van der Waals surface area contributed by atoms with E-state index >= 15 is 4.79 Å². The fraction of sp³-hybridized carbons (Fsp3) is 0.254. The van der Waals surface area contributed by atoms with Gasteiger partial charge in [0.1, 0.15) is 24.1 Å². The molecule has 0 radical (unpaired) electrons. The first-order chi connectivity index (χ1) is 35.4. The highest BCUT2D eigenvalue weighted by Crippen LogP contribution is 2.29. The van der Waals surface area contributed by atoms with Gasteiger partial charge in [0.15, 0.2) is 0 Å². The number of nitrogens with one attached hydrogen (secondary N) is 1. The van der Waals surface area contributed by atoms with Gasteiger partial charge in [-0.3, -0.25) is 9.59 Å². The minimum absolute atomic E-state index is 0.127. The highest BCUT2D eigenvalue weighted by Gasteiger charge is 2.31. The summed E-state index contributed by atoms with van der Waals surface area (Å²) < 4.78 is 23.1. The van der Waals surface area contributed by atoms with Crippen LogP contribution in [0.2, 0.25) is 0 Å². The number of fused-ring (bicyclic) bond motifs is 2. The van der Waals surface area contributed by atoms with Gasteiger partial charge in [-0.2, -0.15) is 0 Å². The Hall–Kier alpha value is -8.47. The molecule has 0 spiro atoms. The van der Waals surface area contributed by atoms with Crippen LogP contribution in [0, 0.1) is 23.7 Å². The maximum atomic E-state index is 15.0. The van der Waals surface area contributed by atoms with Crippen molar-refractivity contribution in [2.45, 2.75) is 91.8 Å². The number of ether oxygens (including phenoxy) is 3. The smallest absolute Gasteiger partial charge is 0.329 e. The van der Waals surface area contributed by atoms with E-state index in [4.69, 9.17) is 14.2 Å². The van der Waals surface area contributed by atoms with E-state index in [2.05, 4.69) is 70.3 Å². The number of carbonyl (C=O) groups is 3. The lowest BCUT2D eigenvalue weighted by Gasteiger charge is -2.29. The van der Waals surface area contributed by atoms with Crippen molar-refractivity contribution >= 4 is 39.6 Å². The number of hydrogen-bond donors (Lipinski definition) is 1. The molecule has 2 atom stereocenters. The summed E-state index contributed by atoms with van der Waals surface area (Å²) in [6, 6.07) is 44.3. The van der Waals surface area contributed by atoms with Gasteiger partial charge in [-0.15, -0.1) is 0 Å². The molecule has 10 nitrogen and oxygen atoms in total. The van der Waals surface area contributed by atoms with Crippen LogP contribution in [-0.4, -0.2) is 69.8 Å². The molecule has 8 rings (SSSR count). The van der Waals surface area contributed by atoms with Crippen LogP contribution in [0.5, 0.6) is 11.5 Å². The number of benzene rings is 6. The van der Waals surface area contributed by atoms with E-state index in [-0.39, 0.29) is 36.7 Å². The van der Waals surface area contributed by atoms with Gasteiger partial charge in [0.25, 0.3) is 11.8 Å². The summed E-state index contributed by atoms with van der Waals surface area (Å²) >= 11 is 0. The fourth-order valence-electron chi connectivity index (χ4n) is 8.94. The summed E-state index contributed by atoms with van der Waals surface area (Å²) in [7, 11) is 1.73. The number of likely N-dealkylation sites (N-methyl/N-ethyl adjacent to an activating group) is 1. The van der Waals surface area contributed by atoms with Gasteiger partial charge < -0.3 is 33.6 Å². The number of aryl methyl sites for hydroxylation is 2. The number of carbonyl (C=O) groups excluding carboxylic acids is 3. The Balaban J connectivity index is 1.15. The molecule has 6 aromatic carbocycles. The second-order valence-electron chi connectivity index (χ2n) is 18.5. The van der Waals surface area contributed by atoms with Gasteiger partial charge >= 0.3 is 5.97 Å². The summed E-state index contributed by atoms with van der Waals surface area (Å²) in [5.74, 6) is 12.0. The molecule has 2 amide bonds. The second kappa shape index (κ2) is 23.6. The summed E-state index contributed by atoms with van der Waals surface area (Å²) in [5.41, 5.74) is 7.41. The molecule has 370 valence electrons. The Morgan fingerprint density at radius 1 is 0.562 bits per heavy atom. The molecular weight excluding hydrogens is 909 g/mol. The highest BCUT2D eigenvalue weighted by molar-refractivity contribution is 6.00. The zero-order chi connectivity index (χ0) is 51.4. The summed E-state index contributed by atoms with van der Waals surface area (Å²) in [6.07, 6.45) is 4.15. The molecule has 0 saturated carbocycles. The summed E-state index contributed by atoms with van der Waals surface area (Å²) in [5, 5.41) is 5.07. The van der Waals surface area contributed by atoms with E-state index in [0.717, 1.165) is 50.6 Å². The van der Waals surface area contributed by atoms with Crippen LogP contribution in [-0.2, 0) is 35.5 Å². The van der Waals surface area contributed by atoms with Gasteiger partial charge in [0.2, 0.25) is 0 Å². The molecule has 8 aromatic rings. The maximum Gasteiger partial charge on any atom is 0.329 e. The van der Waals surface area contributed by atoms with Crippen LogP contribution in [0.25, 0.3) is 21.8 Å². The third-order valence-electron chi connectivity index (χ3n) is 12.6. The van der Waals surface area contributed by atoms with E-state index in [1.807, 2.05) is 143 Å². The molecule has 2 aromatic heterocycles. The van der Waals surface area contributed by atoms with E-state index in [1.165, 1.54) is 0 Å².